The molecule has 5 heteroatoms. The van der Waals surface area contributed by atoms with Gasteiger partial charge in [0.15, 0.2) is 0 Å². The summed E-state index contributed by atoms with van der Waals surface area (Å²) in [5.41, 5.74) is 0.490. The number of aldehydes is 1. The maximum atomic E-state index is 12.9. The van der Waals surface area contributed by atoms with Crippen LogP contribution >= 0.6 is 0 Å². The van der Waals surface area contributed by atoms with E-state index >= 15 is 0 Å². The minimum Gasteiger partial charge on any atom is -0.409 e. The van der Waals surface area contributed by atoms with E-state index in [-0.39, 0.29) is 11.6 Å². The maximum absolute atomic E-state index is 12.9. The van der Waals surface area contributed by atoms with Gasteiger partial charge in [0, 0.05) is 24.7 Å². The van der Waals surface area contributed by atoms with Crippen molar-refractivity contribution in [1.29, 1.82) is 0 Å². The highest BCUT2D eigenvalue weighted by atomic mass is 19.1. The highest BCUT2D eigenvalue weighted by molar-refractivity contribution is 5.84. The molecule has 106 valence electrons. The first kappa shape index (κ1) is 14.2. The number of allylic oxidation sites excluding steroid dienone is 1. The van der Waals surface area contributed by atoms with Crippen LogP contribution in [0.3, 0.4) is 0 Å². The van der Waals surface area contributed by atoms with E-state index in [1.54, 1.807) is 4.90 Å². The molecule has 1 fully saturated rings. The molecule has 0 atom stereocenters. The molecule has 0 aromatic heterocycles. The zero-order valence-corrected chi connectivity index (χ0v) is 11.0. The summed E-state index contributed by atoms with van der Waals surface area (Å²) < 4.78 is 18.1. The number of piperidine rings is 1. The lowest BCUT2D eigenvalue weighted by Crippen LogP contribution is -2.35. The molecule has 1 saturated heterocycles. The van der Waals surface area contributed by atoms with Crippen molar-refractivity contribution in [3.63, 3.8) is 0 Å². The number of halogens is 1. The van der Waals surface area contributed by atoms with Gasteiger partial charge in [0.25, 0.3) is 0 Å². The third-order valence-corrected chi connectivity index (χ3v) is 3.16. The normalized spacial score (nSPS) is 15.8. The van der Waals surface area contributed by atoms with Gasteiger partial charge in [0.2, 0.25) is 0 Å². The second-order valence-corrected chi connectivity index (χ2v) is 4.59. The van der Waals surface area contributed by atoms with Gasteiger partial charge in [-0.2, -0.15) is 0 Å². The lowest BCUT2D eigenvalue weighted by Gasteiger charge is -2.26. The Morgan fingerprint density at radius 2 is 1.80 bits per heavy atom. The van der Waals surface area contributed by atoms with Crippen molar-refractivity contribution in [2.24, 2.45) is 0 Å². The van der Waals surface area contributed by atoms with E-state index in [0.29, 0.717) is 24.9 Å². The van der Waals surface area contributed by atoms with E-state index in [1.807, 2.05) is 0 Å². The van der Waals surface area contributed by atoms with Gasteiger partial charge in [0.05, 0.1) is 0 Å². The minimum absolute atomic E-state index is 0.135. The first-order valence-corrected chi connectivity index (χ1v) is 6.59. The first-order chi connectivity index (χ1) is 9.70. The number of nitrogens with zero attached hydrogens (tertiary/aromatic N) is 1. The molecule has 0 spiro atoms. The van der Waals surface area contributed by atoms with Crippen LogP contribution in [-0.4, -0.2) is 30.4 Å². The lowest BCUT2D eigenvalue weighted by molar-refractivity contribution is -0.104. The molecule has 1 aromatic rings. The number of carbonyl (C=O) groups excluding carboxylic acids is 2. The van der Waals surface area contributed by atoms with Crippen molar-refractivity contribution in [2.75, 3.05) is 13.1 Å². The van der Waals surface area contributed by atoms with Crippen molar-refractivity contribution in [1.82, 2.24) is 4.90 Å². The smallest absolute Gasteiger partial charge is 0.409 e. The summed E-state index contributed by atoms with van der Waals surface area (Å²) in [5.74, 6) is -0.253. The number of hydrogen-bond donors (Lipinski definition) is 0. The van der Waals surface area contributed by atoms with Crippen molar-refractivity contribution >= 4 is 18.1 Å². The topological polar surface area (TPSA) is 46.6 Å². The van der Waals surface area contributed by atoms with Gasteiger partial charge < -0.3 is 9.64 Å². The zero-order chi connectivity index (χ0) is 14.4. The fraction of sp³-hybridized carbons (Fsp3) is 0.333. The molecule has 0 N–H and O–H groups in total. The Kier molecular flexibility index (Phi) is 4.87. The number of likely N-dealkylation sites (tertiary alicyclic amines) is 1. The summed E-state index contributed by atoms with van der Waals surface area (Å²) >= 11 is 0. The van der Waals surface area contributed by atoms with Crippen LogP contribution in [0, 0.1) is 5.82 Å². The van der Waals surface area contributed by atoms with E-state index < -0.39 is 6.09 Å². The molecule has 0 bridgehead atoms. The lowest BCUT2D eigenvalue weighted by atomic mass is 10.1. The van der Waals surface area contributed by atoms with E-state index in [2.05, 4.69) is 0 Å². The van der Waals surface area contributed by atoms with Crippen LogP contribution in [0.1, 0.15) is 24.8 Å². The Morgan fingerprint density at radius 3 is 2.40 bits per heavy atom. The Balaban J connectivity index is 2.09. The van der Waals surface area contributed by atoms with E-state index in [4.69, 9.17) is 4.74 Å². The molecule has 20 heavy (non-hydrogen) atoms. The summed E-state index contributed by atoms with van der Waals surface area (Å²) in [6.07, 6.45) is 4.26. The van der Waals surface area contributed by atoms with E-state index in [0.717, 1.165) is 25.3 Å². The minimum atomic E-state index is -0.470. The molecule has 0 aliphatic carbocycles. The van der Waals surface area contributed by atoms with Gasteiger partial charge in [-0.05, 0) is 43.5 Å². The number of rotatable bonds is 3. The molecule has 0 saturated carbocycles. The quantitative estimate of drug-likeness (QED) is 0.485. The fourth-order valence-electron chi connectivity index (χ4n) is 2.10. The number of benzene rings is 1. The summed E-state index contributed by atoms with van der Waals surface area (Å²) in [4.78, 5) is 24.3. The van der Waals surface area contributed by atoms with Crippen molar-refractivity contribution in [3.8, 4) is 0 Å². The Bertz CT molecular complexity index is 504. The second-order valence-electron chi connectivity index (χ2n) is 4.59. The molecule has 1 aliphatic rings. The number of carbonyl (C=O) groups is 2. The van der Waals surface area contributed by atoms with Gasteiger partial charge in [-0.25, -0.2) is 9.18 Å². The highest BCUT2D eigenvalue weighted by Crippen LogP contribution is 2.19. The Hall–Kier alpha value is -2.17. The van der Waals surface area contributed by atoms with Gasteiger partial charge >= 0.3 is 6.09 Å². The van der Waals surface area contributed by atoms with Crippen molar-refractivity contribution in [3.05, 3.63) is 41.7 Å². The summed E-state index contributed by atoms with van der Waals surface area (Å²) in [7, 11) is 0. The Morgan fingerprint density at radius 1 is 1.15 bits per heavy atom. The summed E-state index contributed by atoms with van der Waals surface area (Å²) in [5, 5.41) is 0. The SMILES string of the molecule is O=CC=C(OC(=O)N1CCCCC1)c1ccc(F)cc1. The predicted octanol–water partition coefficient (Wildman–Crippen LogP) is 2.99. The Labute approximate surface area is 116 Å². The molecular formula is C15H16FNO3. The number of amides is 1. The molecule has 1 amide bonds. The van der Waals surface area contributed by atoms with Crippen LogP contribution in [0.25, 0.3) is 5.76 Å². The average Bonchev–Trinajstić information content (AvgIpc) is 2.48. The first-order valence-electron chi connectivity index (χ1n) is 6.59. The third-order valence-electron chi connectivity index (χ3n) is 3.16. The van der Waals surface area contributed by atoms with Gasteiger partial charge in [0.1, 0.15) is 17.9 Å². The van der Waals surface area contributed by atoms with Gasteiger partial charge in [-0.3, -0.25) is 4.79 Å². The van der Waals surface area contributed by atoms with Crippen LogP contribution < -0.4 is 0 Å². The predicted molar refractivity (Wildman–Crippen MR) is 72.3 cm³/mol. The molecule has 4 nitrogen and oxygen atoms in total. The van der Waals surface area contributed by atoms with Crippen LogP contribution in [0.2, 0.25) is 0 Å². The standard InChI is InChI=1S/C15H16FNO3/c16-13-6-4-12(5-7-13)14(8-11-18)20-15(19)17-9-2-1-3-10-17/h4-8,11H,1-3,9-10H2. The number of hydrogen-bond acceptors (Lipinski definition) is 3. The molecule has 1 aromatic carbocycles. The summed E-state index contributed by atoms with van der Waals surface area (Å²) in [6, 6.07) is 5.44. The largest absolute Gasteiger partial charge is 0.415 e. The van der Waals surface area contributed by atoms with Crippen LogP contribution in [0.15, 0.2) is 30.3 Å². The van der Waals surface area contributed by atoms with Gasteiger partial charge in [-0.1, -0.05) is 0 Å². The monoisotopic (exact) mass is 277 g/mol. The van der Waals surface area contributed by atoms with E-state index in [9.17, 15) is 14.0 Å². The van der Waals surface area contributed by atoms with Crippen LogP contribution in [0.4, 0.5) is 9.18 Å². The van der Waals surface area contributed by atoms with Crippen LogP contribution in [-0.2, 0) is 9.53 Å². The third kappa shape index (κ3) is 3.66. The number of ether oxygens (including phenoxy) is 1. The molecule has 2 rings (SSSR count). The second kappa shape index (κ2) is 6.84. The fourth-order valence-corrected chi connectivity index (χ4v) is 2.10. The molecule has 0 unspecified atom stereocenters. The van der Waals surface area contributed by atoms with Crippen LogP contribution in [0.5, 0.6) is 0 Å². The van der Waals surface area contributed by atoms with Crippen molar-refractivity contribution in [2.45, 2.75) is 19.3 Å². The maximum Gasteiger partial charge on any atom is 0.415 e. The zero-order valence-electron chi connectivity index (χ0n) is 11.0. The van der Waals surface area contributed by atoms with Gasteiger partial charge in [-0.15, -0.1) is 0 Å². The highest BCUT2D eigenvalue weighted by Gasteiger charge is 2.19. The molecule has 1 heterocycles. The average molecular weight is 277 g/mol. The van der Waals surface area contributed by atoms with E-state index in [1.165, 1.54) is 24.3 Å². The summed E-state index contributed by atoms with van der Waals surface area (Å²) in [6.45, 7) is 1.33. The molecule has 1 aliphatic heterocycles. The molecule has 0 radical (unpaired) electrons. The van der Waals surface area contributed by atoms with Crippen molar-refractivity contribution < 1.29 is 18.7 Å². The molecular weight excluding hydrogens is 261 g/mol.